The smallest absolute Gasteiger partial charge is 0.418 e. The molecule has 3 amide bonds. The highest BCUT2D eigenvalue weighted by Crippen LogP contribution is 2.38. The fraction of sp³-hybridized carbons (Fsp3) is 0.706. The van der Waals surface area contributed by atoms with Gasteiger partial charge in [-0.05, 0) is 40.5 Å². The maximum absolute atomic E-state index is 12.5. The summed E-state index contributed by atoms with van der Waals surface area (Å²) in [6, 6.07) is -1.98. The molecular formula is C17H26N6O9S. The van der Waals surface area contributed by atoms with Gasteiger partial charge >= 0.3 is 22.5 Å². The molecule has 0 aliphatic carbocycles. The van der Waals surface area contributed by atoms with Crippen molar-refractivity contribution in [2.45, 2.75) is 64.3 Å². The molecule has 16 heteroatoms. The van der Waals surface area contributed by atoms with Crippen LogP contribution in [0.4, 0.5) is 9.59 Å². The first-order valence-corrected chi connectivity index (χ1v) is 11.4. The van der Waals surface area contributed by atoms with E-state index in [0.29, 0.717) is 17.9 Å². The van der Waals surface area contributed by atoms with Gasteiger partial charge in [0.25, 0.3) is 0 Å². The lowest BCUT2D eigenvalue weighted by atomic mass is 10.0. The second kappa shape index (κ2) is 9.20. The number of amides is 3. The highest BCUT2D eigenvalue weighted by atomic mass is 32.3. The van der Waals surface area contributed by atoms with Gasteiger partial charge in [-0.1, -0.05) is 0 Å². The van der Waals surface area contributed by atoms with E-state index >= 15 is 0 Å². The third kappa shape index (κ3) is 6.37. The summed E-state index contributed by atoms with van der Waals surface area (Å²) < 4.78 is 45.9. The third-order valence-electron chi connectivity index (χ3n) is 4.71. The first kappa shape index (κ1) is 24.8. The fourth-order valence-electron chi connectivity index (χ4n) is 3.40. The molecule has 2 fully saturated rings. The average Bonchev–Trinajstić information content (AvgIpc) is 3.24. The molecule has 1 aromatic heterocycles. The van der Waals surface area contributed by atoms with Crippen molar-refractivity contribution in [3.05, 3.63) is 11.8 Å². The van der Waals surface area contributed by atoms with Gasteiger partial charge < -0.3 is 19.2 Å². The molecule has 184 valence electrons. The summed E-state index contributed by atoms with van der Waals surface area (Å²) in [5.41, 5.74) is -0.671. The summed E-state index contributed by atoms with van der Waals surface area (Å²) in [5, 5.41) is 21.0. The third-order valence-corrected chi connectivity index (χ3v) is 5.06. The molecular weight excluding hydrogens is 464 g/mol. The van der Waals surface area contributed by atoms with Crippen LogP contribution in [0, 0.1) is 0 Å². The summed E-state index contributed by atoms with van der Waals surface area (Å²) >= 11 is 0. The highest BCUT2D eigenvalue weighted by molar-refractivity contribution is 7.80. The second-order valence-electron chi connectivity index (χ2n) is 8.56. The highest BCUT2D eigenvalue weighted by Gasteiger charge is 2.49. The molecule has 0 spiro atoms. The number of aliphatic imine (C=N–C) groups is 1. The van der Waals surface area contributed by atoms with Crippen LogP contribution in [0.2, 0.25) is 0 Å². The number of rotatable bonds is 6. The Morgan fingerprint density at radius 1 is 1.36 bits per heavy atom. The van der Waals surface area contributed by atoms with E-state index < -0.39 is 46.3 Å². The number of piperidine rings is 1. The largest absolute Gasteiger partial charge is 0.444 e. The first-order valence-electron chi connectivity index (χ1n) is 10.0. The molecule has 2 aliphatic rings. The number of nitrogens with one attached hydrogen (secondary N) is 1. The number of alkyl carbamates (subject to hydrolysis) is 1. The zero-order chi connectivity index (χ0) is 24.6. The van der Waals surface area contributed by atoms with Crippen LogP contribution in [0.3, 0.4) is 0 Å². The van der Waals surface area contributed by atoms with Crippen LogP contribution in [0.1, 0.15) is 64.5 Å². The zero-order valence-electron chi connectivity index (χ0n) is 18.5. The summed E-state index contributed by atoms with van der Waals surface area (Å²) in [4.78, 5) is 29.6. The molecule has 2 aliphatic heterocycles. The Morgan fingerprint density at radius 2 is 2.06 bits per heavy atom. The number of fused-ring (bicyclic) bond motifs is 2. The van der Waals surface area contributed by atoms with Crippen LogP contribution in [-0.2, 0) is 19.4 Å². The molecule has 2 saturated heterocycles. The van der Waals surface area contributed by atoms with Crippen LogP contribution >= 0.6 is 0 Å². The number of aliphatic hydroxyl groups excluding tert-OH is 1. The van der Waals surface area contributed by atoms with E-state index in [2.05, 4.69) is 24.8 Å². The van der Waals surface area contributed by atoms with E-state index in [4.69, 9.17) is 13.7 Å². The van der Waals surface area contributed by atoms with Crippen LogP contribution in [0.5, 0.6) is 0 Å². The lowest BCUT2D eigenvalue weighted by Gasteiger charge is -2.27. The van der Waals surface area contributed by atoms with Crippen molar-refractivity contribution >= 4 is 28.4 Å². The van der Waals surface area contributed by atoms with Gasteiger partial charge in [0.2, 0.25) is 11.8 Å². The monoisotopic (exact) mass is 490 g/mol. The number of aliphatic hydroxyl groups is 1. The second-order valence-corrected chi connectivity index (χ2v) is 9.56. The Labute approximate surface area is 189 Å². The fourth-order valence-corrected chi connectivity index (χ4v) is 3.78. The normalized spacial score (nSPS) is 22.5. The minimum absolute atomic E-state index is 0.0529. The van der Waals surface area contributed by atoms with Gasteiger partial charge in [0.05, 0.1) is 12.6 Å². The van der Waals surface area contributed by atoms with Gasteiger partial charge in [-0.15, -0.1) is 14.5 Å². The van der Waals surface area contributed by atoms with E-state index in [-0.39, 0.29) is 30.7 Å². The maximum Gasteiger partial charge on any atom is 0.418 e. The molecule has 3 N–H and O–H groups in total. The Balaban J connectivity index is 1.61. The van der Waals surface area contributed by atoms with E-state index in [9.17, 15) is 23.1 Å². The average molecular weight is 490 g/mol. The molecule has 33 heavy (non-hydrogen) atoms. The van der Waals surface area contributed by atoms with Crippen molar-refractivity contribution in [2.75, 3.05) is 13.1 Å². The Kier molecular flexibility index (Phi) is 6.92. The van der Waals surface area contributed by atoms with Crippen LogP contribution in [-0.4, -0.2) is 80.9 Å². The minimum Gasteiger partial charge on any atom is -0.444 e. The predicted octanol–water partition coefficient (Wildman–Crippen LogP) is 0.722. The van der Waals surface area contributed by atoms with Crippen molar-refractivity contribution in [2.24, 2.45) is 4.99 Å². The number of urea groups is 1. The Bertz CT molecular complexity index is 1030. The molecule has 3 heterocycles. The number of aromatic nitrogens is 2. The molecule has 0 aromatic carbocycles. The van der Waals surface area contributed by atoms with E-state index in [1.807, 2.05) is 0 Å². The Morgan fingerprint density at radius 3 is 2.70 bits per heavy atom. The number of amidine groups is 1. The van der Waals surface area contributed by atoms with Gasteiger partial charge in [-0.25, -0.2) is 9.59 Å². The SMILES string of the molecule is CC(=NC[C@@H](O)c1nnc([C@@H]2CC[C@@H]3CN2C(=O)N3OS(=O)(=O)O)o1)NC(=O)OC(C)(C)C. The van der Waals surface area contributed by atoms with E-state index in [1.54, 1.807) is 20.8 Å². The summed E-state index contributed by atoms with van der Waals surface area (Å²) in [7, 11) is -4.85. The van der Waals surface area contributed by atoms with Gasteiger partial charge in [-0.3, -0.25) is 14.9 Å². The summed E-state index contributed by atoms with van der Waals surface area (Å²) in [6.07, 6.45) is -1.22. The molecule has 0 saturated carbocycles. The van der Waals surface area contributed by atoms with Gasteiger partial charge in [0.1, 0.15) is 17.5 Å². The number of ether oxygens (including phenoxy) is 1. The zero-order valence-corrected chi connectivity index (χ0v) is 19.3. The Hall–Kier alpha value is -2.82. The van der Waals surface area contributed by atoms with Crippen LogP contribution in [0.25, 0.3) is 0 Å². The molecule has 2 bridgehead atoms. The first-order chi connectivity index (χ1) is 15.2. The lowest BCUT2D eigenvalue weighted by Crippen LogP contribution is -2.35. The van der Waals surface area contributed by atoms with Gasteiger partial charge in [0, 0.05) is 6.54 Å². The van der Waals surface area contributed by atoms with Crippen molar-refractivity contribution in [1.82, 2.24) is 25.5 Å². The maximum atomic E-state index is 12.5. The number of carbonyl (C=O) groups is 2. The van der Waals surface area contributed by atoms with Crippen LogP contribution in [0.15, 0.2) is 9.41 Å². The standard InChI is InChI=1S/C17H26N6O9S/c1-9(19-15(25)31-17(2,3)4)18-7-12(24)14-21-20-13(30-14)11-6-5-10-8-22(11)16(26)23(10)32-33(27,28)29/h10-12,24H,5-8H2,1-4H3,(H,18,19,25)(H,27,28,29)/t10-,11+,12-/m1/s1. The van der Waals surface area contributed by atoms with E-state index in [0.717, 1.165) is 0 Å². The minimum atomic E-state index is -4.85. The van der Waals surface area contributed by atoms with Crippen LogP contribution < -0.4 is 5.32 Å². The number of nitrogens with zero attached hydrogens (tertiary/aromatic N) is 5. The predicted molar refractivity (Wildman–Crippen MR) is 109 cm³/mol. The van der Waals surface area contributed by atoms with E-state index in [1.165, 1.54) is 11.8 Å². The van der Waals surface area contributed by atoms with Crippen molar-refractivity contribution in [3.8, 4) is 0 Å². The number of hydrogen-bond donors (Lipinski definition) is 3. The molecule has 3 atom stereocenters. The van der Waals surface area contributed by atoms with Gasteiger partial charge in [0.15, 0.2) is 6.10 Å². The topological polar surface area (TPSA) is 197 Å². The van der Waals surface area contributed by atoms with Crippen molar-refractivity contribution < 1.29 is 41.1 Å². The summed E-state index contributed by atoms with van der Waals surface area (Å²) in [5.74, 6) is 0.124. The van der Waals surface area contributed by atoms with Crippen molar-refractivity contribution in [1.29, 1.82) is 0 Å². The molecule has 0 unspecified atom stereocenters. The number of hydroxylamine groups is 2. The molecule has 0 radical (unpaired) electrons. The lowest BCUT2D eigenvalue weighted by molar-refractivity contribution is -0.0317. The summed E-state index contributed by atoms with van der Waals surface area (Å²) in [6.45, 7) is 6.63. The quantitative estimate of drug-likeness (QED) is 0.288. The number of hydrogen-bond acceptors (Lipinski definition) is 11. The number of carbonyl (C=O) groups excluding carboxylic acids is 2. The molecule has 15 nitrogen and oxygen atoms in total. The molecule has 3 rings (SSSR count). The van der Waals surface area contributed by atoms with Crippen molar-refractivity contribution in [3.63, 3.8) is 0 Å². The molecule has 1 aromatic rings. The van der Waals surface area contributed by atoms with Gasteiger partial charge in [-0.2, -0.15) is 13.5 Å².